The van der Waals surface area contributed by atoms with Crippen LogP contribution in [0.3, 0.4) is 0 Å². The number of hydrogen-bond acceptors (Lipinski definition) is 6. The van der Waals surface area contributed by atoms with E-state index < -0.39 is 12.2 Å². The number of alkyl halides is 2. The number of nitrogens with two attached hydrogens (primary N) is 1. The van der Waals surface area contributed by atoms with Crippen molar-refractivity contribution in [2.45, 2.75) is 40.3 Å². The third-order valence-corrected chi connectivity index (χ3v) is 5.20. The van der Waals surface area contributed by atoms with Gasteiger partial charge in [0.15, 0.2) is 0 Å². The first kappa shape index (κ1) is 24.2. The number of nitrogen functional groups attached to an aromatic ring is 1. The van der Waals surface area contributed by atoms with Gasteiger partial charge in [-0.25, -0.2) is 23.1 Å². The molecule has 0 aliphatic rings. The maximum Gasteiger partial charge on any atom is 0.280 e. The van der Waals surface area contributed by atoms with Crippen molar-refractivity contribution in [3.8, 4) is 28.3 Å². The van der Waals surface area contributed by atoms with E-state index in [4.69, 9.17) is 10.5 Å². The van der Waals surface area contributed by atoms with E-state index >= 15 is 0 Å². The molecule has 182 valence electrons. The molecule has 4 rings (SSSR count). The molecule has 0 unspecified atom stereocenters. The van der Waals surface area contributed by atoms with Crippen LogP contribution in [0.15, 0.2) is 48.8 Å². The van der Waals surface area contributed by atoms with Gasteiger partial charge in [-0.15, -0.1) is 0 Å². The number of imidazole rings is 1. The molecule has 0 radical (unpaired) electrons. The van der Waals surface area contributed by atoms with E-state index in [0.29, 0.717) is 39.8 Å². The Morgan fingerprint density at radius 3 is 2.46 bits per heavy atom. The summed E-state index contributed by atoms with van der Waals surface area (Å²) in [4.78, 5) is 16.9. The van der Waals surface area contributed by atoms with Gasteiger partial charge in [0.25, 0.3) is 6.43 Å². The summed E-state index contributed by atoms with van der Waals surface area (Å²) in [5, 5.41) is 0. The summed E-state index contributed by atoms with van der Waals surface area (Å²) in [6.07, 6.45) is 0.769. The molecule has 4 aromatic rings. The zero-order chi connectivity index (χ0) is 25.1. The Balaban J connectivity index is 1.85. The van der Waals surface area contributed by atoms with Crippen molar-refractivity contribution in [2.75, 3.05) is 5.73 Å². The van der Waals surface area contributed by atoms with Crippen LogP contribution in [0.4, 0.5) is 19.1 Å². The largest absolute Gasteiger partial charge is 0.469 e. The highest BCUT2D eigenvalue weighted by Gasteiger charge is 2.22. The van der Waals surface area contributed by atoms with Crippen LogP contribution >= 0.6 is 0 Å². The average molecular weight is 483 g/mol. The smallest absolute Gasteiger partial charge is 0.280 e. The van der Waals surface area contributed by atoms with Crippen molar-refractivity contribution in [3.05, 3.63) is 71.8 Å². The lowest BCUT2D eigenvalue weighted by molar-refractivity contribution is 0.146. The van der Waals surface area contributed by atoms with Crippen molar-refractivity contribution < 1.29 is 17.9 Å². The van der Waals surface area contributed by atoms with Crippen LogP contribution < -0.4 is 10.5 Å². The first-order valence-electron chi connectivity index (χ1n) is 11.0. The Hall–Kier alpha value is -3.95. The number of aromatic nitrogens is 5. The van der Waals surface area contributed by atoms with Gasteiger partial charge in [-0.05, 0) is 54.8 Å². The fraction of sp³-hybridized carbons (Fsp3) is 0.280. The summed E-state index contributed by atoms with van der Waals surface area (Å²) < 4.78 is 48.8. The molecule has 0 fully saturated rings. The van der Waals surface area contributed by atoms with E-state index in [1.54, 1.807) is 19.2 Å². The lowest BCUT2D eigenvalue weighted by Gasteiger charge is -2.17. The Labute approximate surface area is 200 Å². The summed E-state index contributed by atoms with van der Waals surface area (Å²) >= 11 is 0. The molecule has 0 aliphatic heterocycles. The van der Waals surface area contributed by atoms with Gasteiger partial charge in [0.1, 0.15) is 23.9 Å². The van der Waals surface area contributed by atoms with Gasteiger partial charge in [-0.1, -0.05) is 13.8 Å². The number of ether oxygens (including phenoxy) is 1. The average Bonchev–Trinajstić information content (AvgIpc) is 3.23. The second-order valence-electron chi connectivity index (χ2n) is 8.52. The molecule has 35 heavy (non-hydrogen) atoms. The highest BCUT2D eigenvalue weighted by Crippen LogP contribution is 2.39. The van der Waals surface area contributed by atoms with Crippen molar-refractivity contribution in [2.24, 2.45) is 5.92 Å². The molecule has 3 aromatic heterocycles. The van der Waals surface area contributed by atoms with Crippen LogP contribution in [-0.4, -0.2) is 24.5 Å². The standard InChI is InChI=1S/C25H25F3N6O/c1-14(2)12-34-9-8-30-20(34)13-35-24-21(17-10-15(3)31-19(11-17)23(27)28)22(32-25(29)33-24)16-4-6-18(26)7-5-16/h4-11,14,23H,12-13H2,1-3H3,(H2,29,32,33). The summed E-state index contributed by atoms with van der Waals surface area (Å²) in [5.74, 6) is 0.663. The Kier molecular flexibility index (Phi) is 6.99. The number of nitrogens with zero attached hydrogens (tertiary/aromatic N) is 5. The van der Waals surface area contributed by atoms with Gasteiger partial charge < -0.3 is 15.0 Å². The monoisotopic (exact) mass is 482 g/mol. The molecule has 0 atom stereocenters. The van der Waals surface area contributed by atoms with Gasteiger partial charge in [-0.3, -0.25) is 4.98 Å². The van der Waals surface area contributed by atoms with E-state index in [2.05, 4.69) is 33.8 Å². The van der Waals surface area contributed by atoms with Gasteiger partial charge in [-0.2, -0.15) is 4.98 Å². The summed E-state index contributed by atoms with van der Waals surface area (Å²) in [5.41, 5.74) is 7.57. The molecule has 0 saturated heterocycles. The van der Waals surface area contributed by atoms with Gasteiger partial charge in [0.2, 0.25) is 11.8 Å². The molecule has 7 nitrogen and oxygen atoms in total. The maximum absolute atomic E-state index is 13.6. The minimum Gasteiger partial charge on any atom is -0.469 e. The van der Waals surface area contributed by atoms with Crippen LogP contribution in [-0.2, 0) is 13.2 Å². The van der Waals surface area contributed by atoms with Crippen molar-refractivity contribution >= 4 is 5.95 Å². The Morgan fingerprint density at radius 2 is 1.77 bits per heavy atom. The van der Waals surface area contributed by atoms with E-state index in [9.17, 15) is 13.2 Å². The summed E-state index contributed by atoms with van der Waals surface area (Å²) in [7, 11) is 0. The highest BCUT2D eigenvalue weighted by atomic mass is 19.3. The SMILES string of the molecule is Cc1cc(-c2c(OCc3nccn3CC(C)C)nc(N)nc2-c2ccc(F)cc2)cc(C(F)F)n1. The Bertz CT molecular complexity index is 1320. The first-order valence-corrected chi connectivity index (χ1v) is 11.0. The van der Waals surface area contributed by atoms with E-state index in [1.165, 1.54) is 30.3 Å². The minimum absolute atomic E-state index is 0.0673. The molecule has 10 heteroatoms. The lowest BCUT2D eigenvalue weighted by Crippen LogP contribution is -2.12. The molecular formula is C25H25F3N6O. The molecule has 2 N–H and O–H groups in total. The number of aryl methyl sites for hydroxylation is 1. The van der Waals surface area contributed by atoms with Crippen LogP contribution in [0.1, 0.15) is 37.5 Å². The van der Waals surface area contributed by atoms with Crippen LogP contribution in [0.25, 0.3) is 22.4 Å². The summed E-state index contributed by atoms with van der Waals surface area (Å²) in [6, 6.07) is 8.53. The predicted molar refractivity (Wildman–Crippen MR) is 126 cm³/mol. The molecule has 0 amide bonds. The van der Waals surface area contributed by atoms with E-state index in [1.807, 2.05) is 10.8 Å². The number of hydrogen-bond donors (Lipinski definition) is 1. The molecule has 0 aliphatic carbocycles. The third kappa shape index (κ3) is 5.59. The lowest BCUT2D eigenvalue weighted by atomic mass is 9.99. The third-order valence-electron chi connectivity index (χ3n) is 5.20. The topological polar surface area (TPSA) is 91.7 Å². The van der Waals surface area contributed by atoms with Crippen molar-refractivity contribution in [1.82, 2.24) is 24.5 Å². The number of anilines is 1. The number of halogens is 3. The first-order chi connectivity index (χ1) is 16.7. The van der Waals surface area contributed by atoms with Crippen LogP contribution in [0.5, 0.6) is 5.88 Å². The highest BCUT2D eigenvalue weighted by molar-refractivity contribution is 5.85. The van der Waals surface area contributed by atoms with E-state index in [0.717, 1.165) is 6.54 Å². The second kappa shape index (κ2) is 10.1. The van der Waals surface area contributed by atoms with E-state index in [-0.39, 0.29) is 24.1 Å². The molecule has 1 aromatic carbocycles. The molecule has 0 saturated carbocycles. The fourth-order valence-electron chi connectivity index (χ4n) is 3.76. The zero-order valence-electron chi connectivity index (χ0n) is 19.5. The van der Waals surface area contributed by atoms with Gasteiger partial charge >= 0.3 is 0 Å². The molecular weight excluding hydrogens is 457 g/mol. The minimum atomic E-state index is -2.77. The molecule has 0 spiro atoms. The fourth-order valence-corrected chi connectivity index (χ4v) is 3.76. The maximum atomic E-state index is 13.6. The van der Waals surface area contributed by atoms with Crippen molar-refractivity contribution in [1.29, 1.82) is 0 Å². The van der Waals surface area contributed by atoms with Crippen molar-refractivity contribution in [3.63, 3.8) is 0 Å². The summed E-state index contributed by atoms with van der Waals surface area (Å²) in [6.45, 7) is 6.62. The number of benzene rings is 1. The quantitative estimate of drug-likeness (QED) is 0.351. The van der Waals surface area contributed by atoms with Crippen LogP contribution in [0.2, 0.25) is 0 Å². The predicted octanol–water partition coefficient (Wildman–Crippen LogP) is 5.60. The van der Waals surface area contributed by atoms with Crippen LogP contribution in [0, 0.1) is 18.7 Å². The molecule has 0 bridgehead atoms. The zero-order valence-corrected chi connectivity index (χ0v) is 19.5. The number of rotatable bonds is 8. The van der Waals surface area contributed by atoms with Gasteiger partial charge in [0, 0.05) is 30.2 Å². The second-order valence-corrected chi connectivity index (χ2v) is 8.52. The van der Waals surface area contributed by atoms with Gasteiger partial charge in [0.05, 0.1) is 11.3 Å². The Morgan fingerprint density at radius 1 is 1.03 bits per heavy atom. The number of pyridine rings is 1. The molecule has 3 heterocycles. The normalized spacial score (nSPS) is 11.4.